The monoisotopic (exact) mass is 810 g/mol. The van der Waals surface area contributed by atoms with Crippen molar-refractivity contribution in [1.29, 1.82) is 0 Å². The molecular weight excluding hydrogens is 753 g/mol. The van der Waals surface area contributed by atoms with Crippen molar-refractivity contribution in [2.45, 2.75) is 118 Å². The predicted molar refractivity (Wildman–Crippen MR) is 239 cm³/mol. The van der Waals surface area contributed by atoms with E-state index in [4.69, 9.17) is 23.3 Å². The minimum absolute atomic E-state index is 0. The predicted octanol–water partition coefficient (Wildman–Crippen LogP) is 9.67. The van der Waals surface area contributed by atoms with Crippen molar-refractivity contribution >= 4 is 78.9 Å². The van der Waals surface area contributed by atoms with E-state index in [1.807, 2.05) is 41.5 Å². The van der Waals surface area contributed by atoms with Crippen LogP contribution in [0.1, 0.15) is 89.0 Å². The summed E-state index contributed by atoms with van der Waals surface area (Å²) in [5.74, 6) is 0. The van der Waals surface area contributed by atoms with E-state index in [1.54, 1.807) is 0 Å². The molecule has 0 atom stereocenters. The Kier molecular flexibility index (Phi) is 15.6. The Morgan fingerprint density at radius 3 is 1.21 bits per heavy atom. The number of rotatable bonds is 4. The van der Waals surface area contributed by atoms with Gasteiger partial charge in [0.15, 0.2) is 0 Å². The Balaban J connectivity index is 0.000000184. The third-order valence-electron chi connectivity index (χ3n) is 11.0. The molecule has 0 bridgehead atoms. The average molecular weight is 811 g/mol. The number of hydrogen-bond acceptors (Lipinski definition) is 5. The Labute approximate surface area is 357 Å². The van der Waals surface area contributed by atoms with Crippen molar-refractivity contribution in [3.05, 3.63) is 121 Å². The number of unbranched alkanes of at least 4 members (excludes halogenated alkanes) is 1. The van der Waals surface area contributed by atoms with E-state index in [1.165, 1.54) is 54.0 Å². The summed E-state index contributed by atoms with van der Waals surface area (Å²) in [6.07, 6.45) is 2.40. The summed E-state index contributed by atoms with van der Waals surface area (Å²) < 4.78 is 30.6. The van der Waals surface area contributed by atoms with Crippen LogP contribution in [0.15, 0.2) is 114 Å². The Hall–Kier alpha value is -2.63. The van der Waals surface area contributed by atoms with Crippen molar-refractivity contribution in [3.63, 3.8) is 0 Å². The zero-order valence-corrected chi connectivity index (χ0v) is 37.3. The minimum atomic E-state index is -0.523. The maximum absolute atomic E-state index is 6.34. The second-order valence-corrected chi connectivity index (χ2v) is 17.3. The zero-order valence-electron chi connectivity index (χ0n) is 35.7. The first-order chi connectivity index (χ1) is 25.9. The minimum Gasteiger partial charge on any atom is -0.399 e. The normalized spacial score (nSPS) is 17.5. The molecule has 6 aromatic rings. The largest absolute Gasteiger partial charge is 1.00 e. The first-order valence-corrected chi connectivity index (χ1v) is 20.3. The average Bonchev–Trinajstić information content (AvgIpc) is 3.48. The molecule has 0 radical (unpaired) electrons. The molecule has 5 nitrogen and oxygen atoms in total. The molecule has 8 rings (SSSR count). The van der Waals surface area contributed by atoms with Gasteiger partial charge in [-0.1, -0.05) is 110 Å². The number of fused-ring (bicyclic) bond motifs is 4. The van der Waals surface area contributed by atoms with Crippen LogP contribution in [0.4, 0.5) is 0 Å². The third kappa shape index (κ3) is 10.3. The van der Waals surface area contributed by atoms with Crippen LogP contribution in [-0.4, -0.2) is 42.9 Å². The number of hydrogen-bond donors (Lipinski definition) is 0. The van der Waals surface area contributed by atoms with Crippen molar-refractivity contribution < 1.29 is 42.1 Å². The molecule has 2 fully saturated rings. The first-order valence-electron chi connectivity index (χ1n) is 19.5. The van der Waals surface area contributed by atoms with Crippen LogP contribution in [0.3, 0.4) is 0 Å². The van der Waals surface area contributed by atoms with Gasteiger partial charge in [-0.2, -0.15) is 6.42 Å². The third-order valence-corrected chi connectivity index (χ3v) is 11.8. The molecule has 0 aromatic heterocycles. The second kappa shape index (κ2) is 19.0. The Morgan fingerprint density at radius 1 is 0.571 bits per heavy atom. The fraction of sp³-hybridized carbons (Fsp3) is 0.383. The van der Waals surface area contributed by atoms with Gasteiger partial charge in [-0.25, -0.2) is 0 Å². The van der Waals surface area contributed by atoms with E-state index < -0.39 is 7.32 Å². The van der Waals surface area contributed by atoms with Gasteiger partial charge in [-0.3, -0.25) is 0 Å². The molecule has 9 heteroatoms. The smallest absolute Gasteiger partial charge is 0.399 e. The summed E-state index contributed by atoms with van der Waals surface area (Å²) in [6.45, 7) is 26.1. The van der Waals surface area contributed by atoms with E-state index in [9.17, 15) is 0 Å². The summed E-state index contributed by atoms with van der Waals surface area (Å²) in [5.41, 5.74) is -0.137. The summed E-state index contributed by atoms with van der Waals surface area (Å²) in [7, 11) is -0.874. The number of benzene rings is 6. The fourth-order valence-corrected chi connectivity index (χ4v) is 7.01. The Morgan fingerprint density at radius 2 is 0.875 bits per heavy atom. The molecule has 2 saturated heterocycles. The van der Waals surface area contributed by atoms with E-state index in [0.29, 0.717) is 0 Å². The molecule has 56 heavy (non-hydrogen) atoms. The standard InChI is InChI=1S/C20H21BO2.C14H9Br.C9H19BO3.C4H9.Li/c1-19(2)20(3,4)23-21(22-19)18-16-11-7-5-9-14(16)13-15-10-6-8-12-17(15)18;15-14-12-7-3-1-5-10(12)9-11-6-2-4-8-13(11)14;1-7(2)11-10-12-8(3,4)9(5,6)13-10;1-3-4-2;/h5-13H,1-4H3;1-9H;7H,1-6H3;1,3-4H2,2H3;/q;;;-1;+1. The van der Waals surface area contributed by atoms with Gasteiger partial charge in [-0.15, -0.1) is 0 Å². The summed E-state index contributed by atoms with van der Waals surface area (Å²) in [5, 5.41) is 9.94. The van der Waals surface area contributed by atoms with E-state index in [-0.39, 0.29) is 54.5 Å². The van der Waals surface area contributed by atoms with Gasteiger partial charge in [-0.05, 0) is 146 Å². The maximum Gasteiger partial charge on any atom is 1.00 e. The van der Waals surface area contributed by atoms with Gasteiger partial charge < -0.3 is 30.2 Å². The van der Waals surface area contributed by atoms with Crippen LogP contribution in [0.5, 0.6) is 0 Å². The topological polar surface area (TPSA) is 46.2 Å². The van der Waals surface area contributed by atoms with Crippen LogP contribution in [-0.2, 0) is 23.3 Å². The fourth-order valence-electron chi connectivity index (χ4n) is 6.29. The molecule has 2 heterocycles. The summed E-state index contributed by atoms with van der Waals surface area (Å²) in [4.78, 5) is 0. The molecular formula is C47H58B2BrLiO5. The van der Waals surface area contributed by atoms with Crippen molar-refractivity contribution in [2.24, 2.45) is 0 Å². The molecule has 0 saturated carbocycles. The second-order valence-electron chi connectivity index (χ2n) is 16.5. The Bertz CT molecular complexity index is 2080. The van der Waals surface area contributed by atoms with Gasteiger partial charge >= 0.3 is 33.3 Å². The van der Waals surface area contributed by atoms with Crippen molar-refractivity contribution in [3.8, 4) is 0 Å². The van der Waals surface area contributed by atoms with E-state index >= 15 is 0 Å². The van der Waals surface area contributed by atoms with Gasteiger partial charge in [0.1, 0.15) is 0 Å². The molecule has 2 aliphatic heterocycles. The zero-order chi connectivity index (χ0) is 40.2. The van der Waals surface area contributed by atoms with Crippen LogP contribution in [0.25, 0.3) is 43.1 Å². The van der Waals surface area contributed by atoms with E-state index in [2.05, 4.69) is 167 Å². The van der Waals surface area contributed by atoms with Crippen molar-refractivity contribution in [1.82, 2.24) is 0 Å². The number of halogens is 1. The van der Waals surface area contributed by atoms with Gasteiger partial charge in [0, 0.05) is 10.6 Å². The van der Waals surface area contributed by atoms with Gasteiger partial charge in [0.25, 0.3) is 0 Å². The molecule has 6 aromatic carbocycles. The molecule has 290 valence electrons. The first kappa shape index (κ1) is 46.1. The SMILES string of the molecule is Brc1c2ccccc2cc2ccccc12.CC(C)OB1OC(C)(C)C(C)(C)O1.CC1(C)OB(c2c3ccccc3cc3ccccc23)OC1(C)C.[CH2-]CCC.[Li+]. The molecule has 0 aliphatic carbocycles. The van der Waals surface area contributed by atoms with Crippen LogP contribution < -0.4 is 24.3 Å². The van der Waals surface area contributed by atoms with E-state index in [0.717, 1.165) is 11.9 Å². The summed E-state index contributed by atoms with van der Waals surface area (Å²) in [6, 6.07) is 38.2. The molecule has 0 amide bonds. The van der Waals surface area contributed by atoms with Gasteiger partial charge in [0.2, 0.25) is 0 Å². The van der Waals surface area contributed by atoms with Crippen molar-refractivity contribution in [2.75, 3.05) is 0 Å². The van der Waals surface area contributed by atoms with Crippen LogP contribution in [0.2, 0.25) is 0 Å². The van der Waals surface area contributed by atoms with Gasteiger partial charge in [0.05, 0.1) is 22.4 Å². The maximum atomic E-state index is 6.34. The summed E-state index contributed by atoms with van der Waals surface area (Å²) >= 11 is 3.68. The van der Waals surface area contributed by atoms with Crippen LogP contribution >= 0.6 is 15.9 Å². The molecule has 0 unspecified atom stereocenters. The molecule has 0 spiro atoms. The van der Waals surface area contributed by atoms with Crippen LogP contribution in [0, 0.1) is 6.92 Å². The molecule has 2 aliphatic rings. The molecule has 0 N–H and O–H groups in total. The quantitative estimate of drug-likeness (QED) is 0.101.